The summed E-state index contributed by atoms with van der Waals surface area (Å²) >= 11 is 0. The smallest absolute Gasteiger partial charge is 0.251 e. The Balaban J connectivity index is 1.72. The molecule has 0 spiro atoms. The number of likely N-dealkylation sites (tertiary alicyclic amines) is 1. The average Bonchev–Trinajstić information content (AvgIpc) is 3.71. The van der Waals surface area contributed by atoms with Crippen LogP contribution < -0.4 is 16.0 Å². The van der Waals surface area contributed by atoms with Gasteiger partial charge in [-0.05, 0) is 61.6 Å². The predicted molar refractivity (Wildman–Crippen MR) is 146 cm³/mol. The Morgan fingerprint density at radius 2 is 1.62 bits per heavy atom. The van der Waals surface area contributed by atoms with Gasteiger partial charge in [0.2, 0.25) is 5.91 Å². The van der Waals surface area contributed by atoms with Crippen LogP contribution in [0.25, 0.3) is 0 Å². The molecule has 0 bridgehead atoms. The first-order valence-corrected chi connectivity index (χ1v) is 13.2. The third kappa shape index (κ3) is 5.69. The highest BCUT2D eigenvalue weighted by atomic mass is 16.2. The zero-order valence-electron chi connectivity index (χ0n) is 22.8. The zero-order chi connectivity index (χ0) is 28.7. The third-order valence-corrected chi connectivity index (χ3v) is 7.40. The number of amides is 3. The molecule has 0 unspecified atom stereocenters. The van der Waals surface area contributed by atoms with Gasteiger partial charge in [0.25, 0.3) is 11.8 Å². The molecule has 0 saturated carbocycles. The molecule has 12 nitrogen and oxygen atoms in total. The van der Waals surface area contributed by atoms with E-state index in [1.54, 1.807) is 43.3 Å². The first-order chi connectivity index (χ1) is 19.3. The first kappa shape index (κ1) is 28.4. The first-order valence-electron chi connectivity index (χ1n) is 13.2. The fourth-order valence-corrected chi connectivity index (χ4v) is 5.29. The van der Waals surface area contributed by atoms with Crippen LogP contribution in [0.5, 0.6) is 0 Å². The van der Waals surface area contributed by atoms with Gasteiger partial charge in [0.1, 0.15) is 6.04 Å². The lowest BCUT2D eigenvalue weighted by Gasteiger charge is -2.35. The minimum atomic E-state index is -0.951. The summed E-state index contributed by atoms with van der Waals surface area (Å²) in [7, 11) is 3.15. The van der Waals surface area contributed by atoms with Crippen LogP contribution in [0.15, 0.2) is 48.5 Å². The highest BCUT2D eigenvalue weighted by Gasteiger charge is 2.42. The van der Waals surface area contributed by atoms with Gasteiger partial charge < -0.3 is 20.9 Å². The third-order valence-electron chi connectivity index (χ3n) is 7.40. The minimum absolute atomic E-state index is 0.0763. The van der Waals surface area contributed by atoms with Crippen molar-refractivity contribution < 1.29 is 14.4 Å². The second-order valence-corrected chi connectivity index (χ2v) is 9.81. The number of rotatable bonds is 10. The fourth-order valence-electron chi connectivity index (χ4n) is 5.29. The number of hydrogen-bond donors (Lipinski definition) is 4. The Bertz CT molecular complexity index is 1310. The number of nitrogens with one attached hydrogen (secondary N) is 4. The Hall–Kier alpha value is -4.63. The lowest BCUT2D eigenvalue weighted by atomic mass is 9.69. The summed E-state index contributed by atoms with van der Waals surface area (Å²) in [5, 5.41) is 33.1. The van der Waals surface area contributed by atoms with Gasteiger partial charge >= 0.3 is 0 Å². The molecular formula is C28H33N9O3. The Labute approximate surface area is 232 Å². The van der Waals surface area contributed by atoms with Crippen LogP contribution >= 0.6 is 0 Å². The van der Waals surface area contributed by atoms with E-state index >= 15 is 0 Å². The van der Waals surface area contributed by atoms with Crippen LogP contribution in [0, 0.1) is 11.3 Å². The molecule has 3 aromatic rings. The minimum Gasteiger partial charge on any atom is -0.355 e. The number of aromatic amines is 1. The number of nitriles is 1. The summed E-state index contributed by atoms with van der Waals surface area (Å²) in [6, 6.07) is 16.0. The van der Waals surface area contributed by atoms with Crippen molar-refractivity contribution in [2.24, 2.45) is 0 Å². The number of nitrogens with zero attached hydrogens (tertiary/aromatic N) is 5. The van der Waals surface area contributed by atoms with Crippen molar-refractivity contribution in [1.82, 2.24) is 41.5 Å². The molecule has 1 aromatic heterocycles. The Morgan fingerprint density at radius 3 is 2.10 bits per heavy atom. The summed E-state index contributed by atoms with van der Waals surface area (Å²) in [6.07, 6.45) is 1.93. The number of carbonyl (C=O) groups is 3. The molecule has 1 saturated heterocycles. The van der Waals surface area contributed by atoms with Crippen molar-refractivity contribution >= 4 is 17.7 Å². The second-order valence-electron chi connectivity index (χ2n) is 9.81. The van der Waals surface area contributed by atoms with Crippen LogP contribution in [0.3, 0.4) is 0 Å². The molecule has 208 valence electrons. The normalized spacial score (nSPS) is 15.8. The predicted octanol–water partition coefficient (Wildman–Crippen LogP) is 1.14. The summed E-state index contributed by atoms with van der Waals surface area (Å²) < 4.78 is 0. The summed E-state index contributed by atoms with van der Waals surface area (Å²) in [4.78, 5) is 39.0. The number of tetrazole rings is 1. The molecule has 0 radical (unpaired) electrons. The second kappa shape index (κ2) is 12.5. The zero-order valence-corrected chi connectivity index (χ0v) is 22.8. The van der Waals surface area contributed by atoms with E-state index in [2.05, 4.69) is 42.6 Å². The highest BCUT2D eigenvalue weighted by molar-refractivity contribution is 5.94. The number of hydrogen-bond acceptors (Lipinski definition) is 8. The van der Waals surface area contributed by atoms with Gasteiger partial charge in [0, 0.05) is 37.8 Å². The molecule has 4 rings (SSSR count). The van der Waals surface area contributed by atoms with E-state index in [1.807, 2.05) is 31.2 Å². The summed E-state index contributed by atoms with van der Waals surface area (Å²) in [6.45, 7) is 2.62. The van der Waals surface area contributed by atoms with Crippen LogP contribution in [0.4, 0.5) is 0 Å². The Kier molecular flexibility index (Phi) is 8.86. The number of H-pyrrole nitrogens is 1. The molecule has 3 amide bonds. The summed E-state index contributed by atoms with van der Waals surface area (Å²) in [5.41, 5.74) is 1.65. The maximum Gasteiger partial charge on any atom is 0.251 e. The van der Waals surface area contributed by atoms with E-state index in [9.17, 15) is 19.6 Å². The maximum absolute atomic E-state index is 12.9. The van der Waals surface area contributed by atoms with E-state index in [0.717, 1.165) is 17.5 Å². The van der Waals surface area contributed by atoms with Crippen molar-refractivity contribution in [3.8, 4) is 6.07 Å². The average molecular weight is 544 g/mol. The topological polar surface area (TPSA) is 169 Å². The van der Waals surface area contributed by atoms with Gasteiger partial charge in [-0.15, -0.1) is 10.2 Å². The number of aromatic nitrogens is 4. The molecule has 1 aliphatic rings. The van der Waals surface area contributed by atoms with Crippen LogP contribution in [0.1, 0.15) is 63.9 Å². The molecule has 1 fully saturated rings. The molecule has 40 heavy (non-hydrogen) atoms. The maximum atomic E-state index is 12.9. The molecule has 1 aliphatic heterocycles. The van der Waals surface area contributed by atoms with Crippen LogP contribution in [-0.4, -0.2) is 82.5 Å². The van der Waals surface area contributed by atoms with Gasteiger partial charge in [-0.25, -0.2) is 0 Å². The number of carbonyl (C=O) groups excluding carboxylic acids is 3. The molecule has 12 heteroatoms. The molecule has 0 aliphatic carbocycles. The van der Waals surface area contributed by atoms with E-state index < -0.39 is 5.41 Å². The van der Waals surface area contributed by atoms with E-state index in [1.165, 1.54) is 0 Å². The van der Waals surface area contributed by atoms with Crippen LogP contribution in [0.2, 0.25) is 0 Å². The SMILES string of the molecule is CNC(=O)c1ccc(C(C[C@@H](C)NCC(=O)N2CCC[C@H]2C#N)(c2ccc(C(=O)NC)cc2)c2nn[nH]n2)cc1. The van der Waals surface area contributed by atoms with Gasteiger partial charge in [-0.2, -0.15) is 10.5 Å². The molecule has 4 N–H and O–H groups in total. The largest absolute Gasteiger partial charge is 0.355 e. The van der Waals surface area contributed by atoms with E-state index in [0.29, 0.717) is 36.3 Å². The van der Waals surface area contributed by atoms with Gasteiger partial charge in [-0.1, -0.05) is 29.5 Å². The van der Waals surface area contributed by atoms with Crippen molar-refractivity contribution in [3.63, 3.8) is 0 Å². The summed E-state index contributed by atoms with van der Waals surface area (Å²) in [5.74, 6) is -0.140. The lowest BCUT2D eigenvalue weighted by Crippen LogP contribution is -2.45. The fraction of sp³-hybridized carbons (Fsp3) is 0.393. The monoisotopic (exact) mass is 543 g/mol. The van der Waals surface area contributed by atoms with Gasteiger partial charge in [-0.3, -0.25) is 14.4 Å². The van der Waals surface area contributed by atoms with Crippen molar-refractivity contribution in [1.29, 1.82) is 5.26 Å². The Morgan fingerprint density at radius 1 is 1.05 bits per heavy atom. The molecule has 2 aromatic carbocycles. The van der Waals surface area contributed by atoms with Gasteiger partial charge in [0.15, 0.2) is 5.82 Å². The van der Waals surface area contributed by atoms with Gasteiger partial charge in [0.05, 0.1) is 18.0 Å². The van der Waals surface area contributed by atoms with Crippen molar-refractivity contribution in [3.05, 3.63) is 76.6 Å². The number of benzene rings is 2. The quantitative estimate of drug-likeness (QED) is 0.295. The van der Waals surface area contributed by atoms with E-state index in [4.69, 9.17) is 0 Å². The highest BCUT2D eigenvalue weighted by Crippen LogP contribution is 2.41. The van der Waals surface area contributed by atoms with Crippen molar-refractivity contribution in [2.45, 2.75) is 43.7 Å². The van der Waals surface area contributed by atoms with E-state index in [-0.39, 0.29) is 36.3 Å². The molecule has 2 heterocycles. The molecular weight excluding hydrogens is 510 g/mol. The molecule has 2 atom stereocenters. The lowest BCUT2D eigenvalue weighted by molar-refractivity contribution is -0.130. The standard InChI is InChI=1S/C28H33N9O3/c1-18(32-17-24(38)37-14-4-5-23(37)16-29)15-28(27-33-35-36-34-27,21-10-6-19(7-11-21)25(39)30-2)22-12-8-20(9-13-22)26(40)31-3/h6-13,18,23,32H,4-5,14-15,17H2,1-3H3,(H,30,39)(H,31,40)(H,33,34,35,36)/t18-,23+/m1/s1. The van der Waals surface area contributed by atoms with Crippen molar-refractivity contribution in [2.75, 3.05) is 27.2 Å². The van der Waals surface area contributed by atoms with Crippen LogP contribution in [-0.2, 0) is 10.2 Å².